The predicted molar refractivity (Wildman–Crippen MR) is 78.4 cm³/mol. The summed E-state index contributed by atoms with van der Waals surface area (Å²) in [5.74, 6) is 0. The van der Waals surface area contributed by atoms with Crippen molar-refractivity contribution in [3.8, 4) is 0 Å². The van der Waals surface area contributed by atoms with Gasteiger partial charge in [-0.2, -0.15) is 5.10 Å². The highest BCUT2D eigenvalue weighted by molar-refractivity contribution is 5.29. The number of nitrogens with zero attached hydrogens (tertiary/aromatic N) is 3. The van der Waals surface area contributed by atoms with Gasteiger partial charge in [0.2, 0.25) is 0 Å². The molecular weight excluding hydrogens is 250 g/mol. The zero-order valence-corrected chi connectivity index (χ0v) is 12.5. The van der Waals surface area contributed by atoms with Gasteiger partial charge in [0.15, 0.2) is 0 Å². The smallest absolute Gasteiger partial charge is 0.0812 e. The van der Waals surface area contributed by atoms with Crippen LogP contribution < -0.4 is 0 Å². The van der Waals surface area contributed by atoms with E-state index in [9.17, 15) is 5.11 Å². The molecule has 2 heterocycles. The molecule has 1 aliphatic carbocycles. The molecule has 4 heteroatoms. The summed E-state index contributed by atoms with van der Waals surface area (Å²) in [6, 6.07) is 4.36. The van der Waals surface area contributed by atoms with E-state index in [1.54, 1.807) is 0 Å². The molecule has 2 aromatic heterocycles. The average molecular weight is 273 g/mol. The SMILES string of the molecule is CC(Cn1cccn1)n1ccc2c1CC(C)(C)CC2O. The van der Waals surface area contributed by atoms with E-state index in [-0.39, 0.29) is 11.5 Å². The second kappa shape index (κ2) is 4.77. The molecule has 3 rings (SSSR count). The van der Waals surface area contributed by atoms with Gasteiger partial charge in [0, 0.05) is 29.8 Å². The van der Waals surface area contributed by atoms with Gasteiger partial charge in [0.1, 0.15) is 0 Å². The van der Waals surface area contributed by atoms with E-state index in [1.807, 2.05) is 23.1 Å². The maximum absolute atomic E-state index is 10.3. The van der Waals surface area contributed by atoms with Gasteiger partial charge in [-0.15, -0.1) is 0 Å². The quantitative estimate of drug-likeness (QED) is 0.934. The van der Waals surface area contributed by atoms with Crippen molar-refractivity contribution in [1.29, 1.82) is 0 Å². The first-order chi connectivity index (χ1) is 9.46. The van der Waals surface area contributed by atoms with Crippen molar-refractivity contribution in [3.63, 3.8) is 0 Å². The molecule has 2 unspecified atom stereocenters. The van der Waals surface area contributed by atoms with Gasteiger partial charge in [-0.3, -0.25) is 4.68 Å². The van der Waals surface area contributed by atoms with Crippen molar-refractivity contribution < 1.29 is 5.11 Å². The minimum Gasteiger partial charge on any atom is -0.388 e. The highest BCUT2D eigenvalue weighted by Gasteiger charge is 2.33. The average Bonchev–Trinajstić information content (AvgIpc) is 2.96. The fourth-order valence-corrected chi connectivity index (χ4v) is 3.33. The lowest BCUT2D eigenvalue weighted by molar-refractivity contribution is 0.0974. The lowest BCUT2D eigenvalue weighted by atomic mass is 9.75. The molecule has 0 saturated carbocycles. The minimum atomic E-state index is -0.327. The molecule has 0 spiro atoms. The second-order valence-corrected chi connectivity index (χ2v) is 6.76. The summed E-state index contributed by atoms with van der Waals surface area (Å²) in [6.45, 7) is 7.52. The van der Waals surface area contributed by atoms with E-state index in [1.165, 1.54) is 5.69 Å². The molecule has 0 radical (unpaired) electrons. The van der Waals surface area contributed by atoms with E-state index >= 15 is 0 Å². The van der Waals surface area contributed by atoms with E-state index in [0.717, 1.165) is 24.9 Å². The normalized spacial score (nSPS) is 22.5. The Kier molecular flexibility index (Phi) is 3.21. The molecular formula is C16H23N3O. The fraction of sp³-hybridized carbons (Fsp3) is 0.562. The first-order valence-electron chi connectivity index (χ1n) is 7.31. The van der Waals surface area contributed by atoms with Crippen molar-refractivity contribution in [2.45, 2.75) is 52.3 Å². The summed E-state index contributed by atoms with van der Waals surface area (Å²) < 4.78 is 4.27. The van der Waals surface area contributed by atoms with Gasteiger partial charge in [-0.25, -0.2) is 0 Å². The Labute approximate surface area is 120 Å². The molecule has 0 bridgehead atoms. The number of aliphatic hydroxyl groups excluding tert-OH is 1. The molecule has 20 heavy (non-hydrogen) atoms. The lowest BCUT2D eigenvalue weighted by Gasteiger charge is -2.34. The van der Waals surface area contributed by atoms with Crippen molar-refractivity contribution in [2.24, 2.45) is 5.41 Å². The van der Waals surface area contributed by atoms with E-state index < -0.39 is 0 Å². The number of fused-ring (bicyclic) bond motifs is 1. The number of hydrogen-bond donors (Lipinski definition) is 1. The standard InChI is InChI=1S/C16H23N3O/c1-12(11-18-7-4-6-17-18)19-8-5-13-14(19)9-16(2,3)10-15(13)20/h4-8,12,15,20H,9-11H2,1-3H3. The summed E-state index contributed by atoms with van der Waals surface area (Å²) in [5, 5.41) is 14.6. The van der Waals surface area contributed by atoms with Crippen LogP contribution in [-0.2, 0) is 13.0 Å². The van der Waals surface area contributed by atoms with E-state index in [4.69, 9.17) is 0 Å². The fourth-order valence-electron chi connectivity index (χ4n) is 3.33. The molecule has 0 amide bonds. The second-order valence-electron chi connectivity index (χ2n) is 6.76. The van der Waals surface area contributed by atoms with Crippen LogP contribution in [0.4, 0.5) is 0 Å². The third kappa shape index (κ3) is 2.40. The summed E-state index contributed by atoms with van der Waals surface area (Å²) >= 11 is 0. The Hall–Kier alpha value is -1.55. The number of aliphatic hydroxyl groups is 1. The Morgan fingerprint density at radius 2 is 2.25 bits per heavy atom. The molecule has 0 aliphatic heterocycles. The van der Waals surface area contributed by atoms with Gasteiger partial charge >= 0.3 is 0 Å². The van der Waals surface area contributed by atoms with Gasteiger partial charge < -0.3 is 9.67 Å². The van der Waals surface area contributed by atoms with Crippen LogP contribution in [0, 0.1) is 5.41 Å². The molecule has 2 atom stereocenters. The van der Waals surface area contributed by atoms with Crippen LogP contribution >= 0.6 is 0 Å². The Morgan fingerprint density at radius 3 is 2.95 bits per heavy atom. The number of hydrogen-bond acceptors (Lipinski definition) is 2. The van der Waals surface area contributed by atoms with Gasteiger partial charge in [0.05, 0.1) is 18.7 Å². The zero-order chi connectivity index (χ0) is 14.3. The number of rotatable bonds is 3. The molecule has 0 saturated heterocycles. The topological polar surface area (TPSA) is 43.0 Å². The largest absolute Gasteiger partial charge is 0.388 e. The molecule has 1 N–H and O–H groups in total. The van der Waals surface area contributed by atoms with Crippen LogP contribution in [0.15, 0.2) is 30.7 Å². The molecule has 0 aromatic carbocycles. The number of aromatic nitrogens is 3. The first kappa shape index (κ1) is 13.4. The molecule has 108 valence electrons. The Balaban J connectivity index is 1.88. The Bertz CT molecular complexity index is 583. The highest BCUT2D eigenvalue weighted by Crippen LogP contribution is 2.41. The minimum absolute atomic E-state index is 0.161. The third-order valence-corrected chi connectivity index (χ3v) is 4.30. The molecule has 4 nitrogen and oxygen atoms in total. The third-order valence-electron chi connectivity index (χ3n) is 4.30. The summed E-state index contributed by atoms with van der Waals surface area (Å²) in [5.41, 5.74) is 2.55. The van der Waals surface area contributed by atoms with Crippen LogP contribution in [0.2, 0.25) is 0 Å². The summed E-state index contributed by atoms with van der Waals surface area (Å²) in [6.07, 6.45) is 7.46. The zero-order valence-electron chi connectivity index (χ0n) is 12.5. The lowest BCUT2D eigenvalue weighted by Crippen LogP contribution is -2.28. The van der Waals surface area contributed by atoms with Crippen LogP contribution in [-0.4, -0.2) is 19.5 Å². The van der Waals surface area contributed by atoms with Gasteiger partial charge in [-0.1, -0.05) is 13.8 Å². The molecule has 2 aromatic rings. The van der Waals surface area contributed by atoms with E-state index in [2.05, 4.69) is 42.7 Å². The first-order valence-corrected chi connectivity index (χ1v) is 7.31. The summed E-state index contributed by atoms with van der Waals surface area (Å²) in [4.78, 5) is 0. The molecule has 1 aliphatic rings. The maximum atomic E-state index is 10.3. The van der Waals surface area contributed by atoms with E-state index in [0.29, 0.717) is 6.04 Å². The molecule has 0 fully saturated rings. The van der Waals surface area contributed by atoms with Crippen molar-refractivity contribution in [2.75, 3.05) is 0 Å². The van der Waals surface area contributed by atoms with Gasteiger partial charge in [-0.05, 0) is 37.3 Å². The van der Waals surface area contributed by atoms with Crippen molar-refractivity contribution in [1.82, 2.24) is 14.3 Å². The predicted octanol–water partition coefficient (Wildman–Crippen LogP) is 2.95. The Morgan fingerprint density at radius 1 is 1.45 bits per heavy atom. The van der Waals surface area contributed by atoms with Crippen LogP contribution in [0.25, 0.3) is 0 Å². The summed E-state index contributed by atoms with van der Waals surface area (Å²) in [7, 11) is 0. The van der Waals surface area contributed by atoms with Crippen LogP contribution in [0.1, 0.15) is 50.6 Å². The maximum Gasteiger partial charge on any atom is 0.0812 e. The van der Waals surface area contributed by atoms with Crippen LogP contribution in [0.5, 0.6) is 0 Å². The van der Waals surface area contributed by atoms with Crippen LogP contribution in [0.3, 0.4) is 0 Å². The highest BCUT2D eigenvalue weighted by atomic mass is 16.3. The monoisotopic (exact) mass is 273 g/mol. The van der Waals surface area contributed by atoms with Crippen molar-refractivity contribution in [3.05, 3.63) is 42.0 Å². The van der Waals surface area contributed by atoms with Gasteiger partial charge in [0.25, 0.3) is 0 Å². The van der Waals surface area contributed by atoms with Crippen molar-refractivity contribution >= 4 is 0 Å².